The normalized spacial score (nSPS) is 18.4. The van der Waals surface area contributed by atoms with Crippen LogP contribution in [0.2, 0.25) is 0 Å². The molecular formula is C20H23N3O5. The van der Waals surface area contributed by atoms with Crippen molar-refractivity contribution >= 4 is 5.91 Å². The summed E-state index contributed by atoms with van der Waals surface area (Å²) in [6, 6.07) is 8.67. The summed E-state index contributed by atoms with van der Waals surface area (Å²) in [4.78, 5) is 27.3. The molecule has 0 aliphatic carbocycles. The third-order valence-corrected chi connectivity index (χ3v) is 5.22. The molecule has 2 aliphatic heterocycles. The van der Waals surface area contributed by atoms with E-state index in [4.69, 9.17) is 14.2 Å². The first-order valence-electron chi connectivity index (χ1n) is 9.34. The van der Waals surface area contributed by atoms with E-state index in [1.807, 2.05) is 19.1 Å². The molecule has 1 aromatic carbocycles. The summed E-state index contributed by atoms with van der Waals surface area (Å²) in [5.74, 6) is -0.660. The van der Waals surface area contributed by atoms with Crippen molar-refractivity contribution in [2.75, 3.05) is 33.4 Å². The topological polar surface area (TPSA) is 82.9 Å². The fraction of sp³-hybridized carbons (Fsp3) is 0.450. The number of piperidine rings is 1. The number of hydrogen-bond donors (Lipinski definition) is 0. The van der Waals surface area contributed by atoms with Gasteiger partial charge in [0.05, 0.1) is 32.1 Å². The molecule has 0 saturated carbocycles. The van der Waals surface area contributed by atoms with Gasteiger partial charge in [-0.25, -0.2) is 0 Å². The van der Waals surface area contributed by atoms with Crippen LogP contribution in [0.15, 0.2) is 35.1 Å². The van der Waals surface area contributed by atoms with E-state index in [1.165, 1.54) is 17.9 Å². The van der Waals surface area contributed by atoms with Crippen LogP contribution in [0.5, 0.6) is 5.75 Å². The average Bonchev–Trinajstić information content (AvgIpc) is 3.16. The van der Waals surface area contributed by atoms with Crippen LogP contribution in [-0.4, -0.2) is 59.8 Å². The number of nitrogens with zero attached hydrogens (tertiary/aromatic N) is 3. The molecule has 8 nitrogen and oxygen atoms in total. The molecule has 0 radical (unpaired) electrons. The zero-order valence-corrected chi connectivity index (χ0v) is 16.0. The highest BCUT2D eigenvalue weighted by molar-refractivity contribution is 5.94. The Labute approximate surface area is 162 Å². The van der Waals surface area contributed by atoms with Gasteiger partial charge in [-0.05, 0) is 19.1 Å². The molecule has 148 valence electrons. The summed E-state index contributed by atoms with van der Waals surface area (Å²) in [6.07, 6.45) is 1.22. The van der Waals surface area contributed by atoms with E-state index in [2.05, 4.69) is 5.10 Å². The maximum absolute atomic E-state index is 13.1. The lowest BCUT2D eigenvalue weighted by Crippen LogP contribution is -2.47. The van der Waals surface area contributed by atoms with Crippen LogP contribution in [0.4, 0.5) is 0 Å². The van der Waals surface area contributed by atoms with Crippen molar-refractivity contribution in [3.05, 3.63) is 51.9 Å². The smallest absolute Gasteiger partial charge is 0.278 e. The molecule has 2 saturated heterocycles. The second kappa shape index (κ2) is 7.37. The van der Waals surface area contributed by atoms with Gasteiger partial charge in [0.15, 0.2) is 17.2 Å². The molecule has 1 aromatic heterocycles. The van der Waals surface area contributed by atoms with E-state index >= 15 is 0 Å². The molecule has 3 heterocycles. The number of aryl methyl sites for hydroxylation is 1. The molecule has 2 aromatic rings. The summed E-state index contributed by atoms with van der Waals surface area (Å²) >= 11 is 0. The molecule has 0 N–H and O–H groups in total. The summed E-state index contributed by atoms with van der Waals surface area (Å²) in [7, 11) is 1.43. The van der Waals surface area contributed by atoms with E-state index < -0.39 is 5.79 Å². The molecule has 8 heteroatoms. The highest BCUT2D eigenvalue weighted by atomic mass is 16.7. The quantitative estimate of drug-likeness (QED) is 0.797. The predicted octanol–water partition coefficient (Wildman–Crippen LogP) is 1.53. The number of carbonyl (C=O) groups excluding carboxylic acids is 1. The molecule has 0 atom stereocenters. The molecule has 2 aliphatic rings. The molecule has 28 heavy (non-hydrogen) atoms. The van der Waals surface area contributed by atoms with Gasteiger partial charge in [-0.2, -0.15) is 9.78 Å². The standard InChI is InChI=1S/C20H23N3O5/c1-14-3-5-15(6-4-14)23-17(24)13-16(26-2)18(21-23)19(25)22-9-7-20(8-10-22)27-11-12-28-20/h3-6,13H,7-12H2,1-2H3. The minimum absolute atomic E-state index is 0.117. The SMILES string of the molecule is COc1cc(=O)n(-c2ccc(C)cc2)nc1C(=O)N1CCC2(CC1)OCCO2. The number of ether oxygens (including phenoxy) is 3. The Hall–Kier alpha value is -2.71. The number of rotatable bonds is 3. The van der Waals surface area contributed by atoms with Crippen LogP contribution in [0.25, 0.3) is 5.69 Å². The Balaban J connectivity index is 1.62. The minimum atomic E-state index is -0.561. The number of aromatic nitrogens is 2. The van der Waals surface area contributed by atoms with E-state index in [0.717, 1.165) is 5.56 Å². The van der Waals surface area contributed by atoms with Crippen molar-refractivity contribution in [2.24, 2.45) is 0 Å². The summed E-state index contributed by atoms with van der Waals surface area (Å²) in [5.41, 5.74) is 1.42. The lowest BCUT2D eigenvalue weighted by Gasteiger charge is -2.37. The highest BCUT2D eigenvalue weighted by Gasteiger charge is 2.41. The first-order chi connectivity index (χ1) is 13.5. The fourth-order valence-electron chi connectivity index (χ4n) is 3.60. The van der Waals surface area contributed by atoms with Gasteiger partial charge in [0.25, 0.3) is 11.5 Å². The molecular weight excluding hydrogens is 362 g/mol. The van der Waals surface area contributed by atoms with Gasteiger partial charge in [-0.15, -0.1) is 0 Å². The van der Waals surface area contributed by atoms with Crippen molar-refractivity contribution in [2.45, 2.75) is 25.6 Å². The molecule has 0 bridgehead atoms. The lowest BCUT2D eigenvalue weighted by molar-refractivity contribution is -0.181. The van der Waals surface area contributed by atoms with Gasteiger partial charge < -0.3 is 19.1 Å². The van der Waals surface area contributed by atoms with Crippen molar-refractivity contribution in [3.63, 3.8) is 0 Å². The third-order valence-electron chi connectivity index (χ3n) is 5.22. The molecule has 1 spiro atoms. The average molecular weight is 385 g/mol. The van der Waals surface area contributed by atoms with Gasteiger partial charge in [0.2, 0.25) is 0 Å². The first-order valence-corrected chi connectivity index (χ1v) is 9.34. The first kappa shape index (κ1) is 18.6. The van der Waals surface area contributed by atoms with Gasteiger partial charge in [-0.1, -0.05) is 17.7 Å². The monoisotopic (exact) mass is 385 g/mol. The predicted molar refractivity (Wildman–Crippen MR) is 101 cm³/mol. The van der Waals surface area contributed by atoms with Gasteiger partial charge in [0, 0.05) is 25.9 Å². The Morgan fingerprint density at radius 3 is 2.39 bits per heavy atom. The summed E-state index contributed by atoms with van der Waals surface area (Å²) < 4.78 is 17.9. The lowest BCUT2D eigenvalue weighted by atomic mass is 10.0. The largest absolute Gasteiger partial charge is 0.494 e. The number of amides is 1. The van der Waals surface area contributed by atoms with Crippen molar-refractivity contribution in [1.29, 1.82) is 0 Å². The minimum Gasteiger partial charge on any atom is -0.494 e. The molecule has 4 rings (SSSR count). The van der Waals surface area contributed by atoms with Crippen LogP contribution in [-0.2, 0) is 9.47 Å². The zero-order valence-electron chi connectivity index (χ0n) is 16.0. The fourth-order valence-corrected chi connectivity index (χ4v) is 3.60. The van der Waals surface area contributed by atoms with Gasteiger partial charge in [-0.3, -0.25) is 9.59 Å². The van der Waals surface area contributed by atoms with Gasteiger partial charge >= 0.3 is 0 Å². The van der Waals surface area contributed by atoms with E-state index in [-0.39, 0.29) is 22.9 Å². The van der Waals surface area contributed by atoms with Crippen LogP contribution >= 0.6 is 0 Å². The van der Waals surface area contributed by atoms with Crippen LogP contribution in [0.1, 0.15) is 28.9 Å². The summed E-state index contributed by atoms with van der Waals surface area (Å²) in [5, 5.41) is 4.33. The van der Waals surface area contributed by atoms with E-state index in [0.29, 0.717) is 44.8 Å². The van der Waals surface area contributed by atoms with E-state index in [1.54, 1.807) is 17.0 Å². The van der Waals surface area contributed by atoms with Crippen molar-refractivity contribution in [1.82, 2.24) is 14.7 Å². The number of benzene rings is 1. The van der Waals surface area contributed by atoms with Crippen LogP contribution in [0.3, 0.4) is 0 Å². The summed E-state index contributed by atoms with van der Waals surface area (Å²) in [6.45, 7) is 4.13. The Morgan fingerprint density at radius 1 is 1.14 bits per heavy atom. The number of likely N-dealkylation sites (tertiary alicyclic amines) is 1. The zero-order chi connectivity index (χ0) is 19.7. The maximum Gasteiger partial charge on any atom is 0.278 e. The van der Waals surface area contributed by atoms with Crippen molar-refractivity contribution < 1.29 is 19.0 Å². The van der Waals surface area contributed by atoms with Crippen LogP contribution < -0.4 is 10.3 Å². The molecule has 0 unspecified atom stereocenters. The molecule has 2 fully saturated rings. The van der Waals surface area contributed by atoms with Crippen LogP contribution in [0, 0.1) is 6.92 Å². The number of hydrogen-bond acceptors (Lipinski definition) is 6. The highest BCUT2D eigenvalue weighted by Crippen LogP contribution is 2.32. The Bertz CT molecular complexity index is 922. The Morgan fingerprint density at radius 2 is 1.79 bits per heavy atom. The van der Waals surface area contributed by atoms with Crippen molar-refractivity contribution in [3.8, 4) is 11.4 Å². The van der Waals surface area contributed by atoms with Gasteiger partial charge in [0.1, 0.15) is 0 Å². The number of methoxy groups -OCH3 is 1. The molecule has 1 amide bonds. The second-order valence-corrected chi connectivity index (χ2v) is 7.05. The third kappa shape index (κ3) is 3.41. The maximum atomic E-state index is 13.1. The van der Waals surface area contributed by atoms with E-state index in [9.17, 15) is 9.59 Å². The number of carbonyl (C=O) groups is 1. The second-order valence-electron chi connectivity index (χ2n) is 7.05. The Kier molecular flexibility index (Phi) is 4.91.